The lowest BCUT2D eigenvalue weighted by Crippen LogP contribution is -2.31. The lowest BCUT2D eigenvalue weighted by Gasteiger charge is -2.21. The zero-order chi connectivity index (χ0) is 25.6. The maximum absolute atomic E-state index is 13.6. The van der Waals surface area contributed by atoms with Crippen molar-refractivity contribution < 1.29 is 39.5 Å². The molecule has 1 heterocycles. The Bertz CT molecular complexity index is 1270. The normalized spacial score (nSPS) is 12.8. The van der Waals surface area contributed by atoms with Gasteiger partial charge in [-0.1, -0.05) is 29.8 Å². The smallest absolute Gasteiger partial charge is 0.392 e. The van der Waals surface area contributed by atoms with Crippen molar-refractivity contribution in [3.63, 3.8) is 0 Å². The van der Waals surface area contributed by atoms with Gasteiger partial charge in [0.05, 0.1) is 17.7 Å². The van der Waals surface area contributed by atoms with E-state index in [0.717, 1.165) is 5.56 Å². The summed E-state index contributed by atoms with van der Waals surface area (Å²) in [6.45, 7) is 1.11. The average Bonchev–Trinajstić information content (AvgIpc) is 2.70. The average molecular weight is 495 g/mol. The van der Waals surface area contributed by atoms with E-state index >= 15 is 0 Å². The van der Waals surface area contributed by atoms with Gasteiger partial charge in [0.15, 0.2) is 5.69 Å². The lowest BCUT2D eigenvalue weighted by molar-refractivity contribution is -0.141. The molecule has 2 aromatic carbocycles. The Morgan fingerprint density at radius 3 is 1.94 bits per heavy atom. The lowest BCUT2D eigenvalue weighted by atomic mass is 10.0. The molecule has 0 bridgehead atoms. The highest BCUT2D eigenvalue weighted by Gasteiger charge is 2.41. The summed E-state index contributed by atoms with van der Waals surface area (Å²) in [6, 6.07) is 6.22. The van der Waals surface area contributed by atoms with Crippen molar-refractivity contribution in [2.45, 2.75) is 32.0 Å². The van der Waals surface area contributed by atoms with Crippen LogP contribution in [0, 0.1) is 6.92 Å². The van der Waals surface area contributed by atoms with E-state index in [2.05, 4.69) is 4.98 Å². The molecule has 2 N–H and O–H groups in total. The van der Waals surface area contributed by atoms with Gasteiger partial charge in [-0.25, -0.2) is 4.98 Å². The second kappa shape index (κ2) is 8.37. The number of aromatic nitrogens is 2. The fourth-order valence-electron chi connectivity index (χ4n) is 3.17. The van der Waals surface area contributed by atoms with Crippen molar-refractivity contribution in [1.82, 2.24) is 9.55 Å². The Morgan fingerprint density at radius 2 is 1.44 bits per heavy atom. The molecule has 0 aliphatic heterocycles. The van der Waals surface area contributed by atoms with Gasteiger partial charge in [0, 0.05) is 5.56 Å². The van der Waals surface area contributed by atoms with Crippen LogP contribution in [-0.4, -0.2) is 9.55 Å². The summed E-state index contributed by atoms with van der Waals surface area (Å²) in [4.78, 5) is 15.9. The molecule has 3 rings (SSSR count). The third-order valence-corrected chi connectivity index (χ3v) is 4.83. The van der Waals surface area contributed by atoms with Crippen molar-refractivity contribution in [3.05, 3.63) is 80.8 Å². The van der Waals surface area contributed by atoms with Gasteiger partial charge in [-0.2, -0.15) is 39.5 Å². The van der Waals surface area contributed by atoms with Crippen molar-refractivity contribution in [2.24, 2.45) is 0 Å². The summed E-state index contributed by atoms with van der Waals surface area (Å²) in [5.41, 5.74) is -3.26. The second-order valence-electron chi connectivity index (χ2n) is 7.33. The largest absolute Gasteiger partial charge is 0.435 e. The Hall–Kier alpha value is -3.51. The topological polar surface area (TPSA) is 60.9 Å². The van der Waals surface area contributed by atoms with Gasteiger partial charge in [0.1, 0.15) is 11.5 Å². The highest BCUT2D eigenvalue weighted by Crippen LogP contribution is 2.41. The van der Waals surface area contributed by atoms with E-state index in [1.54, 1.807) is 19.1 Å². The molecule has 0 unspecified atom stereocenters. The molecule has 3 aromatic rings. The van der Waals surface area contributed by atoms with Gasteiger partial charge in [-0.3, -0.25) is 9.36 Å². The molecule has 0 amide bonds. The monoisotopic (exact) mass is 495 g/mol. The van der Waals surface area contributed by atoms with Crippen LogP contribution in [0.4, 0.5) is 45.2 Å². The van der Waals surface area contributed by atoms with Gasteiger partial charge in [-0.15, -0.1) is 0 Å². The summed E-state index contributed by atoms with van der Waals surface area (Å²) in [7, 11) is 0. The van der Waals surface area contributed by atoms with Gasteiger partial charge in [0.25, 0.3) is 5.56 Å². The number of alkyl halides is 9. The van der Waals surface area contributed by atoms with Crippen molar-refractivity contribution in [2.75, 3.05) is 5.73 Å². The third kappa shape index (κ3) is 5.02. The third-order valence-electron chi connectivity index (χ3n) is 4.83. The summed E-state index contributed by atoms with van der Waals surface area (Å²) >= 11 is 0. The van der Waals surface area contributed by atoms with Crippen LogP contribution in [0.3, 0.4) is 0 Å². The van der Waals surface area contributed by atoms with Crippen molar-refractivity contribution in [1.29, 1.82) is 0 Å². The van der Waals surface area contributed by atoms with Crippen LogP contribution in [0.15, 0.2) is 47.3 Å². The predicted octanol–water partition coefficient (Wildman–Crippen LogP) is 5.91. The molecule has 1 aromatic heterocycles. The van der Waals surface area contributed by atoms with Gasteiger partial charge >= 0.3 is 18.5 Å². The quantitative estimate of drug-likeness (QED) is 0.460. The van der Waals surface area contributed by atoms with Crippen LogP contribution in [0.5, 0.6) is 0 Å². The SMILES string of the molecule is Cc1ccc(Cn2c(-c3cc(C(F)(F)F)ccc3C(F)(F)F)nc(C(F)(F)F)c(N)c2=O)cc1. The van der Waals surface area contributed by atoms with Crippen LogP contribution in [0.25, 0.3) is 11.4 Å². The Labute approximate surface area is 185 Å². The number of rotatable bonds is 3. The Morgan fingerprint density at radius 1 is 0.853 bits per heavy atom. The summed E-state index contributed by atoms with van der Waals surface area (Å²) < 4.78 is 121. The minimum absolute atomic E-state index is 0.00653. The first-order chi connectivity index (χ1) is 15.5. The highest BCUT2D eigenvalue weighted by molar-refractivity contribution is 5.65. The van der Waals surface area contributed by atoms with Gasteiger partial charge < -0.3 is 5.73 Å². The van der Waals surface area contributed by atoms with E-state index in [4.69, 9.17) is 5.73 Å². The molecule has 0 aliphatic carbocycles. The van der Waals surface area contributed by atoms with E-state index < -0.39 is 64.5 Å². The van der Waals surface area contributed by atoms with Crippen molar-refractivity contribution in [3.8, 4) is 11.4 Å². The first-order valence-electron chi connectivity index (χ1n) is 9.32. The molecular formula is C21H14F9N3O. The van der Waals surface area contributed by atoms with Crippen LogP contribution >= 0.6 is 0 Å². The van der Waals surface area contributed by atoms with E-state index in [0.29, 0.717) is 4.57 Å². The minimum Gasteiger partial charge on any atom is -0.392 e. The first kappa shape index (κ1) is 25.1. The number of hydrogen-bond donors (Lipinski definition) is 1. The van der Waals surface area contributed by atoms with Crippen LogP contribution in [0.2, 0.25) is 0 Å². The van der Waals surface area contributed by atoms with E-state index in [1.807, 2.05) is 0 Å². The number of nitrogens with two attached hydrogens (primary N) is 1. The second-order valence-corrected chi connectivity index (χ2v) is 7.33. The van der Waals surface area contributed by atoms with Gasteiger partial charge in [-0.05, 0) is 30.7 Å². The zero-order valence-electron chi connectivity index (χ0n) is 17.0. The highest BCUT2D eigenvalue weighted by atomic mass is 19.4. The number of anilines is 1. The summed E-state index contributed by atoms with van der Waals surface area (Å²) in [6.07, 6.45) is -15.8. The fourth-order valence-corrected chi connectivity index (χ4v) is 3.17. The molecule has 0 atom stereocenters. The van der Waals surface area contributed by atoms with E-state index in [9.17, 15) is 44.3 Å². The van der Waals surface area contributed by atoms with Crippen LogP contribution in [-0.2, 0) is 25.1 Å². The number of nitrogen functional groups attached to an aromatic ring is 1. The maximum atomic E-state index is 13.6. The van der Waals surface area contributed by atoms with Crippen molar-refractivity contribution >= 4 is 5.69 Å². The van der Waals surface area contributed by atoms with Gasteiger partial charge in [0.2, 0.25) is 0 Å². The molecule has 0 aliphatic rings. The summed E-state index contributed by atoms with van der Waals surface area (Å²) in [5, 5.41) is 0. The number of nitrogens with zero attached hydrogens (tertiary/aromatic N) is 2. The molecule has 0 fully saturated rings. The number of halogens is 9. The molecule has 13 heteroatoms. The zero-order valence-corrected chi connectivity index (χ0v) is 17.0. The number of hydrogen-bond acceptors (Lipinski definition) is 3. The molecule has 0 spiro atoms. The number of benzene rings is 2. The standard InChI is InChI=1S/C21H14F9N3O/c1-10-2-4-11(5-3-10)9-33-17(32-16(21(28,29)30)15(31)18(33)34)13-8-12(19(22,23)24)6-7-14(13)20(25,26)27/h2-8H,9,31H2,1H3. The van der Waals surface area contributed by atoms with Crippen LogP contribution in [0.1, 0.15) is 27.9 Å². The molecule has 4 nitrogen and oxygen atoms in total. The summed E-state index contributed by atoms with van der Waals surface area (Å²) in [5.74, 6) is -1.26. The molecule has 0 saturated carbocycles. The molecule has 182 valence electrons. The molecule has 0 saturated heterocycles. The maximum Gasteiger partial charge on any atom is 0.435 e. The first-order valence-corrected chi connectivity index (χ1v) is 9.32. The Kier molecular flexibility index (Phi) is 6.18. The Balaban J connectivity index is 2.43. The number of aryl methyl sites for hydroxylation is 1. The molecular weight excluding hydrogens is 481 g/mol. The molecule has 34 heavy (non-hydrogen) atoms. The predicted molar refractivity (Wildman–Crippen MR) is 104 cm³/mol. The fraction of sp³-hybridized carbons (Fsp3) is 0.238. The molecule has 0 radical (unpaired) electrons. The van der Waals surface area contributed by atoms with E-state index in [-0.39, 0.29) is 23.8 Å². The van der Waals surface area contributed by atoms with Crippen LogP contribution < -0.4 is 11.3 Å². The van der Waals surface area contributed by atoms with E-state index in [1.165, 1.54) is 12.1 Å². The minimum atomic E-state index is -5.36.